The summed E-state index contributed by atoms with van der Waals surface area (Å²) in [6.45, 7) is 2.72. The molecule has 1 fully saturated rings. The SMILES string of the molecule is CCOC(=O)C1=C(c2ccccc2)N=C2SC=C(CC(=O)NCC3CC3)N2[C@H]1c1ccccc1Cl. The van der Waals surface area contributed by atoms with Gasteiger partial charge < -0.3 is 15.0 Å². The van der Waals surface area contributed by atoms with Crippen LogP contribution in [0.25, 0.3) is 5.70 Å². The van der Waals surface area contributed by atoms with E-state index >= 15 is 0 Å². The molecular weight excluding hydrogens is 482 g/mol. The molecule has 1 N–H and O–H groups in total. The lowest BCUT2D eigenvalue weighted by atomic mass is 9.91. The average Bonchev–Trinajstić information content (AvgIpc) is 3.62. The number of hydrogen-bond acceptors (Lipinski definition) is 6. The molecule has 1 amide bonds. The number of fused-ring (bicyclic) bond motifs is 1. The van der Waals surface area contributed by atoms with Gasteiger partial charge in [-0.2, -0.15) is 0 Å². The molecule has 180 valence electrons. The molecule has 2 aromatic rings. The Kier molecular flexibility index (Phi) is 6.97. The Morgan fingerprint density at radius 3 is 2.60 bits per heavy atom. The second kappa shape index (κ2) is 10.3. The molecule has 0 aromatic heterocycles. The van der Waals surface area contributed by atoms with Crippen molar-refractivity contribution in [1.82, 2.24) is 10.2 Å². The van der Waals surface area contributed by atoms with Gasteiger partial charge in [-0.15, -0.1) is 0 Å². The molecule has 2 aromatic carbocycles. The largest absolute Gasteiger partial charge is 0.463 e. The summed E-state index contributed by atoms with van der Waals surface area (Å²) in [5.41, 5.74) is 3.31. The summed E-state index contributed by atoms with van der Waals surface area (Å²) in [4.78, 5) is 33.1. The summed E-state index contributed by atoms with van der Waals surface area (Å²) < 4.78 is 5.52. The van der Waals surface area contributed by atoms with Crippen molar-refractivity contribution in [1.29, 1.82) is 0 Å². The minimum Gasteiger partial charge on any atom is -0.463 e. The van der Waals surface area contributed by atoms with Crippen LogP contribution < -0.4 is 5.32 Å². The zero-order valence-electron chi connectivity index (χ0n) is 19.4. The predicted octanol–water partition coefficient (Wildman–Crippen LogP) is 5.53. The van der Waals surface area contributed by atoms with Gasteiger partial charge in [0, 0.05) is 22.8 Å². The molecule has 0 bridgehead atoms. The van der Waals surface area contributed by atoms with Crippen LogP contribution in [0.15, 0.2) is 76.3 Å². The number of benzene rings is 2. The number of amidine groups is 1. The molecule has 1 atom stereocenters. The van der Waals surface area contributed by atoms with Gasteiger partial charge in [0.2, 0.25) is 5.91 Å². The van der Waals surface area contributed by atoms with Crippen molar-refractivity contribution in [3.8, 4) is 0 Å². The summed E-state index contributed by atoms with van der Waals surface area (Å²) in [7, 11) is 0. The number of rotatable bonds is 8. The number of carbonyl (C=O) groups excluding carboxylic acids is 2. The second-order valence-corrected chi connectivity index (χ2v) is 9.93. The van der Waals surface area contributed by atoms with E-state index in [0.29, 0.717) is 33.9 Å². The summed E-state index contributed by atoms with van der Waals surface area (Å²) in [5, 5.41) is 6.21. The van der Waals surface area contributed by atoms with Crippen molar-refractivity contribution in [3.63, 3.8) is 0 Å². The van der Waals surface area contributed by atoms with E-state index in [9.17, 15) is 9.59 Å². The Bertz CT molecular complexity index is 1240. The fraction of sp³-hybridized carbons (Fsp3) is 0.296. The molecule has 0 unspecified atom stereocenters. The molecule has 0 saturated heterocycles. The van der Waals surface area contributed by atoms with Crippen molar-refractivity contribution in [2.24, 2.45) is 10.9 Å². The van der Waals surface area contributed by atoms with Crippen LogP contribution >= 0.6 is 23.4 Å². The Hall–Kier alpha value is -3.03. The normalized spacial score (nSPS) is 19.1. The molecule has 0 radical (unpaired) electrons. The van der Waals surface area contributed by atoms with Gasteiger partial charge in [0.05, 0.1) is 30.3 Å². The van der Waals surface area contributed by atoms with Crippen molar-refractivity contribution < 1.29 is 14.3 Å². The second-order valence-electron chi connectivity index (χ2n) is 8.69. The molecule has 1 aliphatic carbocycles. The highest BCUT2D eigenvalue weighted by molar-refractivity contribution is 8.16. The van der Waals surface area contributed by atoms with Crippen LogP contribution in [0.5, 0.6) is 0 Å². The zero-order chi connectivity index (χ0) is 24.4. The molecule has 2 aliphatic heterocycles. The first-order valence-electron chi connectivity index (χ1n) is 11.8. The molecule has 1 saturated carbocycles. The maximum atomic E-state index is 13.5. The Morgan fingerprint density at radius 2 is 1.89 bits per heavy atom. The minimum atomic E-state index is -0.581. The van der Waals surface area contributed by atoms with Crippen molar-refractivity contribution >= 4 is 46.1 Å². The van der Waals surface area contributed by atoms with Gasteiger partial charge in [0.1, 0.15) is 0 Å². The lowest BCUT2D eigenvalue weighted by Crippen LogP contribution is -2.38. The maximum absolute atomic E-state index is 13.5. The van der Waals surface area contributed by atoms with Crippen LogP contribution in [0.3, 0.4) is 0 Å². The topological polar surface area (TPSA) is 71.0 Å². The third-order valence-electron chi connectivity index (χ3n) is 6.18. The van der Waals surface area contributed by atoms with Crippen LogP contribution in [0.1, 0.15) is 43.4 Å². The van der Waals surface area contributed by atoms with Crippen molar-refractivity contribution in [3.05, 3.63) is 87.4 Å². The van der Waals surface area contributed by atoms with Gasteiger partial charge in [-0.05, 0) is 42.7 Å². The molecular formula is C27H26ClN3O3S. The Morgan fingerprint density at radius 1 is 1.14 bits per heavy atom. The fourth-order valence-electron chi connectivity index (χ4n) is 4.29. The summed E-state index contributed by atoms with van der Waals surface area (Å²) in [6, 6.07) is 16.5. The van der Waals surface area contributed by atoms with Crippen molar-refractivity contribution in [2.45, 2.75) is 32.2 Å². The van der Waals surface area contributed by atoms with E-state index in [1.807, 2.05) is 64.9 Å². The van der Waals surface area contributed by atoms with E-state index in [-0.39, 0.29) is 18.9 Å². The highest BCUT2D eigenvalue weighted by atomic mass is 35.5. The Labute approximate surface area is 214 Å². The quantitative estimate of drug-likeness (QED) is 0.475. The molecule has 5 rings (SSSR count). The summed E-state index contributed by atoms with van der Waals surface area (Å²) >= 11 is 8.13. The third-order valence-corrected chi connectivity index (χ3v) is 7.41. The van der Waals surface area contributed by atoms with Crippen LogP contribution in [-0.2, 0) is 14.3 Å². The van der Waals surface area contributed by atoms with Crippen LogP contribution in [0.4, 0.5) is 0 Å². The van der Waals surface area contributed by atoms with Crippen LogP contribution in [0, 0.1) is 5.92 Å². The number of halogens is 1. The van der Waals surface area contributed by atoms with Gasteiger partial charge in [-0.3, -0.25) is 4.79 Å². The first-order valence-corrected chi connectivity index (χ1v) is 13.0. The van der Waals surface area contributed by atoms with Gasteiger partial charge in [-0.1, -0.05) is 71.9 Å². The number of hydrogen-bond donors (Lipinski definition) is 1. The number of amides is 1. The van der Waals surface area contributed by atoms with Gasteiger partial charge in [-0.25, -0.2) is 9.79 Å². The van der Waals surface area contributed by atoms with E-state index in [1.54, 1.807) is 6.92 Å². The molecule has 3 aliphatic rings. The number of nitrogens with zero attached hydrogens (tertiary/aromatic N) is 2. The standard InChI is InChI=1S/C27H26ClN3O3S/c1-2-34-26(33)23-24(18-8-4-3-5-9-18)30-27-31(25(23)20-10-6-7-11-21(20)28)19(16-35-27)14-22(32)29-15-17-12-13-17/h3-11,16-17,25H,2,12-15H2,1H3,(H,29,32)/t25-/m0/s1. The number of esters is 1. The first kappa shape index (κ1) is 23.7. The Balaban J connectivity index is 1.60. The molecule has 6 nitrogen and oxygen atoms in total. The number of nitrogens with one attached hydrogen (secondary N) is 1. The van der Waals surface area contributed by atoms with Crippen LogP contribution in [-0.4, -0.2) is 35.1 Å². The number of thioether (sulfide) groups is 1. The van der Waals surface area contributed by atoms with Crippen LogP contribution in [0.2, 0.25) is 5.02 Å². The summed E-state index contributed by atoms with van der Waals surface area (Å²) in [6.07, 6.45) is 2.54. The average molecular weight is 508 g/mol. The van der Waals surface area contributed by atoms with E-state index < -0.39 is 12.0 Å². The van der Waals surface area contributed by atoms with E-state index in [4.69, 9.17) is 21.3 Å². The lowest BCUT2D eigenvalue weighted by Gasteiger charge is -2.37. The van der Waals surface area contributed by atoms with E-state index in [0.717, 1.165) is 16.8 Å². The highest BCUT2D eigenvalue weighted by Crippen LogP contribution is 2.48. The lowest BCUT2D eigenvalue weighted by molar-refractivity contribution is -0.139. The van der Waals surface area contributed by atoms with Gasteiger partial charge in [0.15, 0.2) is 5.17 Å². The first-order chi connectivity index (χ1) is 17.1. The molecule has 0 spiro atoms. The highest BCUT2D eigenvalue weighted by Gasteiger charge is 2.43. The minimum absolute atomic E-state index is 0.0431. The number of ether oxygens (including phenoxy) is 1. The smallest absolute Gasteiger partial charge is 0.338 e. The monoisotopic (exact) mass is 507 g/mol. The van der Waals surface area contributed by atoms with E-state index in [2.05, 4.69) is 5.32 Å². The third kappa shape index (κ3) is 5.02. The van der Waals surface area contributed by atoms with Gasteiger partial charge >= 0.3 is 5.97 Å². The number of aliphatic imine (C=N–C) groups is 1. The fourth-order valence-corrected chi connectivity index (χ4v) is 5.44. The number of carbonyl (C=O) groups is 2. The van der Waals surface area contributed by atoms with Crippen molar-refractivity contribution in [2.75, 3.05) is 13.2 Å². The van der Waals surface area contributed by atoms with Gasteiger partial charge in [0.25, 0.3) is 0 Å². The molecule has 2 heterocycles. The predicted molar refractivity (Wildman–Crippen MR) is 139 cm³/mol. The van der Waals surface area contributed by atoms with E-state index in [1.165, 1.54) is 24.6 Å². The summed E-state index contributed by atoms with van der Waals surface area (Å²) in [5.74, 6) is 0.104. The molecule has 35 heavy (non-hydrogen) atoms. The zero-order valence-corrected chi connectivity index (χ0v) is 20.9. The maximum Gasteiger partial charge on any atom is 0.338 e. The molecule has 8 heteroatoms.